The summed E-state index contributed by atoms with van der Waals surface area (Å²) in [5.41, 5.74) is 39.3. The molecule has 0 bridgehead atoms. The number of hydrogen-bond acceptors (Lipinski definition) is 6. The van der Waals surface area contributed by atoms with Crippen molar-refractivity contribution >= 4 is 11.4 Å². The lowest BCUT2D eigenvalue weighted by molar-refractivity contribution is 0.525. The summed E-state index contributed by atoms with van der Waals surface area (Å²) in [6.07, 6.45) is 4.35. The van der Waals surface area contributed by atoms with Crippen LogP contribution < -0.4 is 34.4 Å². The Morgan fingerprint density at radius 2 is 1.06 bits per heavy atom. The fraction of sp³-hybridized carbons (Fsp3) is 0.357. The zero-order chi connectivity index (χ0) is 25.2. The Bertz CT molecular complexity index is 829. The molecule has 12 N–H and O–H groups in total. The molecular formula is C28H44N6. The summed E-state index contributed by atoms with van der Waals surface area (Å²) < 4.78 is 0. The maximum Gasteiger partial charge on any atom is 0.0314 e. The molecule has 0 aliphatic heterocycles. The van der Waals surface area contributed by atoms with E-state index in [-0.39, 0.29) is 0 Å². The lowest BCUT2D eigenvalue weighted by Gasteiger charge is -2.04. The van der Waals surface area contributed by atoms with E-state index in [1.54, 1.807) is 0 Å². The second-order valence-corrected chi connectivity index (χ2v) is 8.48. The van der Waals surface area contributed by atoms with Gasteiger partial charge in [-0.1, -0.05) is 55.5 Å². The van der Waals surface area contributed by atoms with Crippen LogP contribution in [-0.2, 0) is 25.9 Å². The van der Waals surface area contributed by atoms with E-state index in [4.69, 9.17) is 34.4 Å². The van der Waals surface area contributed by atoms with Crippen molar-refractivity contribution in [2.45, 2.75) is 45.7 Å². The van der Waals surface area contributed by atoms with Crippen molar-refractivity contribution in [1.82, 2.24) is 0 Å². The summed E-state index contributed by atoms with van der Waals surface area (Å²) in [5.74, 6) is 0.651. The molecule has 34 heavy (non-hydrogen) atoms. The van der Waals surface area contributed by atoms with Crippen LogP contribution >= 0.6 is 0 Å². The van der Waals surface area contributed by atoms with Gasteiger partial charge in [0.1, 0.15) is 0 Å². The van der Waals surface area contributed by atoms with Crippen molar-refractivity contribution < 1.29 is 0 Å². The van der Waals surface area contributed by atoms with Gasteiger partial charge in [-0.05, 0) is 91.2 Å². The van der Waals surface area contributed by atoms with Gasteiger partial charge in [-0.3, -0.25) is 0 Å². The van der Waals surface area contributed by atoms with Gasteiger partial charge in [0.05, 0.1) is 0 Å². The molecule has 1 atom stereocenters. The molecule has 3 aromatic carbocycles. The van der Waals surface area contributed by atoms with Crippen molar-refractivity contribution in [1.29, 1.82) is 0 Å². The lowest BCUT2D eigenvalue weighted by atomic mass is 10.0. The van der Waals surface area contributed by atoms with Gasteiger partial charge in [0.15, 0.2) is 0 Å². The summed E-state index contributed by atoms with van der Waals surface area (Å²) in [6, 6.07) is 24.1. The largest absolute Gasteiger partial charge is 0.399 e. The van der Waals surface area contributed by atoms with Gasteiger partial charge in [-0.2, -0.15) is 0 Å². The summed E-state index contributed by atoms with van der Waals surface area (Å²) >= 11 is 0. The van der Waals surface area contributed by atoms with Crippen molar-refractivity contribution in [3.05, 3.63) is 95.1 Å². The highest BCUT2D eigenvalue weighted by atomic mass is 14.6. The topological polar surface area (TPSA) is 156 Å². The molecule has 6 heteroatoms. The standard InChI is InChI=1S/C14H16N2.C8H12N2.C6H16N2/c15-13-7-3-11(4-8-13)1-2-12-5-9-14(16)10-6-12;9-5-7-2-1-3-8(4-7)6-10;1-6(5-8)3-2-4-7/h3-10H,1-2,15-16H2;1-4H,5-6,9-10H2;6H,2-5,7-8H2,1H3. The van der Waals surface area contributed by atoms with Crippen molar-refractivity contribution in [2.24, 2.45) is 28.9 Å². The summed E-state index contributed by atoms with van der Waals surface area (Å²) in [7, 11) is 0. The summed E-state index contributed by atoms with van der Waals surface area (Å²) in [6.45, 7) is 4.92. The Labute approximate surface area is 205 Å². The molecule has 0 fully saturated rings. The molecule has 3 rings (SSSR count). The average Bonchev–Trinajstić information content (AvgIpc) is 2.88. The molecule has 0 saturated heterocycles. The third-order valence-electron chi connectivity index (χ3n) is 5.43. The lowest BCUT2D eigenvalue weighted by Crippen LogP contribution is -2.12. The van der Waals surface area contributed by atoms with Gasteiger partial charge in [0, 0.05) is 24.5 Å². The average molecular weight is 465 g/mol. The maximum absolute atomic E-state index is 5.64. The molecule has 0 amide bonds. The minimum absolute atomic E-state index is 0.591. The second-order valence-electron chi connectivity index (χ2n) is 8.48. The van der Waals surface area contributed by atoms with E-state index in [9.17, 15) is 0 Å². The Hall–Kier alpha value is -2.90. The Morgan fingerprint density at radius 3 is 1.41 bits per heavy atom. The molecule has 3 aromatic rings. The van der Waals surface area contributed by atoms with Crippen LogP contribution in [0.1, 0.15) is 42.0 Å². The van der Waals surface area contributed by atoms with Gasteiger partial charge < -0.3 is 34.4 Å². The molecule has 0 heterocycles. The molecule has 0 aliphatic rings. The summed E-state index contributed by atoms with van der Waals surface area (Å²) in [4.78, 5) is 0. The van der Waals surface area contributed by atoms with Crippen LogP contribution in [0, 0.1) is 5.92 Å². The first-order valence-corrected chi connectivity index (χ1v) is 12.0. The van der Waals surface area contributed by atoms with Gasteiger partial charge in [0.2, 0.25) is 0 Å². The SMILES string of the molecule is CC(CN)CCCN.NCc1cccc(CN)c1.Nc1ccc(CCc2ccc(N)cc2)cc1. The number of benzene rings is 3. The minimum Gasteiger partial charge on any atom is -0.399 e. The molecule has 6 nitrogen and oxygen atoms in total. The molecule has 1 unspecified atom stereocenters. The van der Waals surface area contributed by atoms with Crippen LogP contribution in [0.25, 0.3) is 0 Å². The van der Waals surface area contributed by atoms with Crippen LogP contribution in [0.2, 0.25) is 0 Å². The van der Waals surface area contributed by atoms with E-state index in [2.05, 4.69) is 31.2 Å². The first-order valence-electron chi connectivity index (χ1n) is 12.0. The van der Waals surface area contributed by atoms with Crippen molar-refractivity contribution in [3.8, 4) is 0 Å². The third-order valence-corrected chi connectivity index (χ3v) is 5.43. The number of nitrogen functional groups attached to an aromatic ring is 2. The molecule has 0 spiro atoms. The highest BCUT2D eigenvalue weighted by Gasteiger charge is 1.96. The van der Waals surface area contributed by atoms with E-state index in [1.807, 2.05) is 48.5 Å². The van der Waals surface area contributed by atoms with Crippen molar-refractivity contribution in [2.75, 3.05) is 24.6 Å². The minimum atomic E-state index is 0.591. The molecular weight excluding hydrogens is 420 g/mol. The van der Waals surface area contributed by atoms with Gasteiger partial charge in [-0.15, -0.1) is 0 Å². The third kappa shape index (κ3) is 13.0. The van der Waals surface area contributed by atoms with Gasteiger partial charge >= 0.3 is 0 Å². The molecule has 0 saturated carbocycles. The smallest absolute Gasteiger partial charge is 0.0314 e. The normalized spacial score (nSPS) is 11.0. The monoisotopic (exact) mass is 464 g/mol. The van der Waals surface area contributed by atoms with E-state index in [0.717, 1.165) is 54.9 Å². The number of nitrogens with two attached hydrogens (primary N) is 6. The van der Waals surface area contributed by atoms with E-state index in [1.165, 1.54) is 17.5 Å². The number of hydrogen-bond donors (Lipinski definition) is 6. The predicted molar refractivity (Wildman–Crippen MR) is 148 cm³/mol. The Morgan fingerprint density at radius 1 is 0.618 bits per heavy atom. The second kappa shape index (κ2) is 17.6. The first kappa shape index (κ1) is 29.1. The number of anilines is 2. The van der Waals surface area contributed by atoms with Gasteiger partial charge in [-0.25, -0.2) is 0 Å². The highest BCUT2D eigenvalue weighted by molar-refractivity contribution is 5.41. The van der Waals surface area contributed by atoms with Crippen molar-refractivity contribution in [3.63, 3.8) is 0 Å². The number of rotatable bonds is 9. The fourth-order valence-electron chi connectivity index (χ4n) is 3.13. The Balaban J connectivity index is 0.000000277. The zero-order valence-corrected chi connectivity index (χ0v) is 20.6. The van der Waals surface area contributed by atoms with Crippen LogP contribution in [0.15, 0.2) is 72.8 Å². The zero-order valence-electron chi connectivity index (χ0n) is 20.6. The molecule has 186 valence electrons. The molecule has 0 radical (unpaired) electrons. The fourth-order valence-corrected chi connectivity index (χ4v) is 3.13. The van der Waals surface area contributed by atoms with E-state index < -0.39 is 0 Å². The highest BCUT2D eigenvalue weighted by Crippen LogP contribution is 2.11. The van der Waals surface area contributed by atoms with Crippen LogP contribution in [-0.4, -0.2) is 13.1 Å². The number of aryl methyl sites for hydroxylation is 2. The van der Waals surface area contributed by atoms with Gasteiger partial charge in [0.25, 0.3) is 0 Å². The summed E-state index contributed by atoms with van der Waals surface area (Å²) in [5, 5.41) is 0. The van der Waals surface area contributed by atoms with Crippen LogP contribution in [0.3, 0.4) is 0 Å². The molecule has 0 aliphatic carbocycles. The quantitative estimate of drug-likeness (QED) is 0.266. The first-order chi connectivity index (χ1) is 16.4. The van der Waals surface area contributed by atoms with E-state index >= 15 is 0 Å². The van der Waals surface area contributed by atoms with Crippen LogP contribution in [0.5, 0.6) is 0 Å². The van der Waals surface area contributed by atoms with Crippen LogP contribution in [0.4, 0.5) is 11.4 Å². The van der Waals surface area contributed by atoms with E-state index in [0.29, 0.717) is 19.0 Å². The Kier molecular flexibility index (Phi) is 15.0. The molecule has 0 aromatic heterocycles. The maximum atomic E-state index is 5.64. The predicted octanol–water partition coefficient (Wildman–Crippen LogP) is 3.56.